The molecule has 1 saturated heterocycles. The Kier molecular flexibility index (Phi) is 4.81. The first-order chi connectivity index (χ1) is 9.60. The average Bonchev–Trinajstić information content (AvgIpc) is 2.95. The molecule has 21 heavy (non-hydrogen) atoms. The summed E-state index contributed by atoms with van der Waals surface area (Å²) in [7, 11) is 0. The van der Waals surface area contributed by atoms with Gasteiger partial charge in [-0.1, -0.05) is 20.8 Å². The maximum absolute atomic E-state index is 5.71. The van der Waals surface area contributed by atoms with Crippen LogP contribution in [-0.4, -0.2) is 30.3 Å². The van der Waals surface area contributed by atoms with Gasteiger partial charge >= 0.3 is 0 Å². The average molecular weight is 311 g/mol. The normalized spacial score (nSPS) is 23.7. The molecule has 1 atom stereocenters. The van der Waals surface area contributed by atoms with Gasteiger partial charge in [0, 0.05) is 41.3 Å². The van der Waals surface area contributed by atoms with Gasteiger partial charge in [-0.15, -0.1) is 11.3 Å². The fourth-order valence-corrected chi connectivity index (χ4v) is 3.70. The molecule has 0 saturated carbocycles. The van der Waals surface area contributed by atoms with Crippen molar-refractivity contribution in [2.24, 2.45) is 5.41 Å². The smallest absolute Gasteiger partial charge is 0.0935 e. The zero-order valence-electron chi connectivity index (χ0n) is 14.4. The van der Waals surface area contributed by atoms with Crippen LogP contribution in [0.2, 0.25) is 0 Å². The molecule has 1 aliphatic rings. The lowest BCUT2D eigenvalue weighted by Crippen LogP contribution is -2.45. The number of hydrogen-bond donors (Lipinski definition) is 1. The molecule has 120 valence electrons. The first kappa shape index (κ1) is 16.9. The lowest BCUT2D eigenvalue weighted by Gasteiger charge is -2.31. The molecule has 0 spiro atoms. The van der Waals surface area contributed by atoms with Gasteiger partial charge in [0.15, 0.2) is 0 Å². The minimum absolute atomic E-state index is 0.137. The van der Waals surface area contributed by atoms with E-state index < -0.39 is 0 Å². The predicted octanol–water partition coefficient (Wildman–Crippen LogP) is 3.78. The minimum atomic E-state index is 0.137. The molecule has 0 amide bonds. The van der Waals surface area contributed by atoms with Crippen LogP contribution in [0.15, 0.2) is 5.38 Å². The van der Waals surface area contributed by atoms with Crippen LogP contribution >= 0.6 is 11.3 Å². The molecule has 1 fully saturated rings. The Morgan fingerprint density at radius 2 is 2.00 bits per heavy atom. The Bertz CT molecular complexity index is 462. The third-order valence-electron chi connectivity index (χ3n) is 4.03. The van der Waals surface area contributed by atoms with Crippen molar-refractivity contribution in [2.45, 2.75) is 65.3 Å². The highest BCUT2D eigenvalue weighted by atomic mass is 32.1. The second kappa shape index (κ2) is 5.98. The van der Waals surface area contributed by atoms with Crippen LogP contribution in [0.4, 0.5) is 0 Å². The van der Waals surface area contributed by atoms with Crippen molar-refractivity contribution in [3.8, 4) is 0 Å². The topological polar surface area (TPSA) is 34.2 Å². The van der Waals surface area contributed by atoms with E-state index in [1.807, 2.05) is 0 Å². The quantitative estimate of drug-likeness (QED) is 0.919. The summed E-state index contributed by atoms with van der Waals surface area (Å²) in [5, 5.41) is 7.13. The van der Waals surface area contributed by atoms with E-state index in [9.17, 15) is 0 Å². The van der Waals surface area contributed by atoms with Gasteiger partial charge in [0.05, 0.1) is 17.3 Å². The fraction of sp³-hybridized carbons (Fsp3) is 0.824. The third-order valence-corrected chi connectivity index (χ3v) is 4.87. The van der Waals surface area contributed by atoms with Crippen LogP contribution < -0.4 is 5.32 Å². The van der Waals surface area contributed by atoms with E-state index in [4.69, 9.17) is 9.72 Å². The Morgan fingerprint density at radius 3 is 2.48 bits per heavy atom. The van der Waals surface area contributed by atoms with Gasteiger partial charge in [-0.2, -0.15) is 0 Å². The maximum atomic E-state index is 5.71. The van der Waals surface area contributed by atoms with Gasteiger partial charge in [-0.3, -0.25) is 0 Å². The Balaban J connectivity index is 2.08. The SMILES string of the molecule is CC(C)(C)NCC1(Cc2nc(C(C)(C)C)cs2)CCOC1. The highest BCUT2D eigenvalue weighted by Crippen LogP contribution is 2.34. The summed E-state index contributed by atoms with van der Waals surface area (Å²) < 4.78 is 5.71. The lowest BCUT2D eigenvalue weighted by molar-refractivity contribution is 0.144. The largest absolute Gasteiger partial charge is 0.381 e. The van der Waals surface area contributed by atoms with Crippen molar-refractivity contribution < 1.29 is 4.74 Å². The van der Waals surface area contributed by atoms with Crippen LogP contribution in [0, 0.1) is 5.41 Å². The van der Waals surface area contributed by atoms with Crippen molar-refractivity contribution in [1.29, 1.82) is 0 Å². The predicted molar refractivity (Wildman–Crippen MR) is 90.1 cm³/mol. The highest BCUT2D eigenvalue weighted by Gasteiger charge is 2.37. The van der Waals surface area contributed by atoms with E-state index in [0.717, 1.165) is 32.6 Å². The molecule has 0 aromatic carbocycles. The van der Waals surface area contributed by atoms with Crippen LogP contribution in [0.1, 0.15) is 58.7 Å². The summed E-state index contributed by atoms with van der Waals surface area (Å²) in [6.45, 7) is 16.1. The van der Waals surface area contributed by atoms with E-state index in [0.29, 0.717) is 0 Å². The highest BCUT2D eigenvalue weighted by molar-refractivity contribution is 7.09. The van der Waals surface area contributed by atoms with Gasteiger partial charge in [-0.25, -0.2) is 4.98 Å². The number of nitrogens with one attached hydrogen (secondary N) is 1. The van der Waals surface area contributed by atoms with Crippen molar-refractivity contribution in [3.63, 3.8) is 0 Å². The monoisotopic (exact) mass is 310 g/mol. The van der Waals surface area contributed by atoms with E-state index in [-0.39, 0.29) is 16.4 Å². The van der Waals surface area contributed by atoms with Gasteiger partial charge < -0.3 is 10.1 Å². The molecule has 1 aliphatic heterocycles. The number of rotatable bonds is 4. The van der Waals surface area contributed by atoms with Crippen molar-refractivity contribution in [3.05, 3.63) is 16.1 Å². The van der Waals surface area contributed by atoms with Crippen LogP contribution in [0.25, 0.3) is 0 Å². The molecule has 1 N–H and O–H groups in total. The number of hydrogen-bond acceptors (Lipinski definition) is 4. The summed E-state index contributed by atoms with van der Waals surface area (Å²) in [4.78, 5) is 4.87. The Labute approximate surface area is 133 Å². The van der Waals surface area contributed by atoms with Crippen molar-refractivity contribution >= 4 is 11.3 Å². The number of aromatic nitrogens is 1. The molecular weight excluding hydrogens is 280 g/mol. The Morgan fingerprint density at radius 1 is 1.29 bits per heavy atom. The fourth-order valence-electron chi connectivity index (χ4n) is 2.50. The molecule has 1 unspecified atom stereocenters. The maximum Gasteiger partial charge on any atom is 0.0935 e. The van der Waals surface area contributed by atoms with Gasteiger partial charge in [0.1, 0.15) is 0 Å². The summed E-state index contributed by atoms with van der Waals surface area (Å²) in [6.07, 6.45) is 2.15. The molecule has 2 heterocycles. The molecule has 0 radical (unpaired) electrons. The summed E-state index contributed by atoms with van der Waals surface area (Å²) in [5.41, 5.74) is 1.70. The van der Waals surface area contributed by atoms with Gasteiger partial charge in [-0.05, 0) is 27.2 Å². The van der Waals surface area contributed by atoms with Crippen molar-refractivity contribution in [1.82, 2.24) is 10.3 Å². The zero-order valence-corrected chi connectivity index (χ0v) is 15.2. The van der Waals surface area contributed by atoms with Crippen LogP contribution in [0.5, 0.6) is 0 Å². The van der Waals surface area contributed by atoms with E-state index in [1.165, 1.54) is 10.7 Å². The summed E-state index contributed by atoms with van der Waals surface area (Å²) >= 11 is 1.80. The number of thiazole rings is 1. The molecular formula is C17H30N2OS. The number of nitrogens with zero attached hydrogens (tertiary/aromatic N) is 1. The third kappa shape index (κ3) is 4.76. The van der Waals surface area contributed by atoms with E-state index in [2.05, 4.69) is 52.2 Å². The van der Waals surface area contributed by atoms with Crippen LogP contribution in [-0.2, 0) is 16.6 Å². The zero-order chi connectivity index (χ0) is 15.7. The van der Waals surface area contributed by atoms with Crippen LogP contribution in [0.3, 0.4) is 0 Å². The van der Waals surface area contributed by atoms with Gasteiger partial charge in [0.2, 0.25) is 0 Å². The summed E-state index contributed by atoms with van der Waals surface area (Å²) in [6, 6.07) is 0. The molecule has 2 rings (SSSR count). The minimum Gasteiger partial charge on any atom is -0.381 e. The second-order valence-corrected chi connectivity index (χ2v) is 9.40. The Hall–Kier alpha value is -0.450. The molecule has 1 aromatic heterocycles. The number of ether oxygens (including phenoxy) is 1. The first-order valence-electron chi connectivity index (χ1n) is 7.87. The first-order valence-corrected chi connectivity index (χ1v) is 8.75. The van der Waals surface area contributed by atoms with E-state index in [1.54, 1.807) is 11.3 Å². The molecule has 0 aliphatic carbocycles. The lowest BCUT2D eigenvalue weighted by atomic mass is 9.83. The van der Waals surface area contributed by atoms with E-state index >= 15 is 0 Å². The van der Waals surface area contributed by atoms with Crippen molar-refractivity contribution in [2.75, 3.05) is 19.8 Å². The molecule has 3 nitrogen and oxygen atoms in total. The second-order valence-electron chi connectivity index (χ2n) is 8.46. The molecule has 4 heteroatoms. The molecule has 0 bridgehead atoms. The standard InChI is InChI=1S/C17H30N2OS/c1-15(2,3)13-10-21-14(19-13)9-17(7-8-20-12-17)11-18-16(4,5)6/h10,18H,7-9,11-12H2,1-6H3. The van der Waals surface area contributed by atoms with Gasteiger partial charge in [0.25, 0.3) is 0 Å². The molecule has 1 aromatic rings. The summed E-state index contributed by atoms with van der Waals surface area (Å²) in [5.74, 6) is 0.